The lowest BCUT2D eigenvalue weighted by atomic mass is 10.1. The van der Waals surface area contributed by atoms with Crippen molar-refractivity contribution in [1.82, 2.24) is 0 Å². The molecular weight excluding hydrogens is 400 g/mol. The van der Waals surface area contributed by atoms with Crippen LogP contribution in [0.25, 0.3) is 11.0 Å². The molecule has 0 fully saturated rings. The molecule has 142 valence electrons. The lowest BCUT2D eigenvalue weighted by Crippen LogP contribution is -2.15. The highest BCUT2D eigenvalue weighted by molar-refractivity contribution is 6.31. The molecule has 0 radical (unpaired) electrons. The molecule has 0 unspecified atom stereocenters. The molecule has 0 spiro atoms. The second-order valence-electron chi connectivity index (χ2n) is 5.54. The summed E-state index contributed by atoms with van der Waals surface area (Å²) in [5.74, 6) is -1.30. The van der Waals surface area contributed by atoms with E-state index >= 15 is 0 Å². The van der Waals surface area contributed by atoms with E-state index in [2.05, 4.69) is 0 Å². The Bertz CT molecular complexity index is 990. The van der Waals surface area contributed by atoms with Crippen LogP contribution in [-0.2, 0) is 12.4 Å². The standard InChI is InChI=1S/C17H8ClF6NO2/c18-11-1-2-13-8(3-11)4-14(27-13)15(26)25-12-6-9(16(19,20)21)5-10(7-12)17(22,23)24/h1-7H,(H,25,26). The zero-order chi connectivity index (χ0) is 20.0. The summed E-state index contributed by atoms with van der Waals surface area (Å²) in [7, 11) is 0. The van der Waals surface area contributed by atoms with Gasteiger partial charge in [-0.3, -0.25) is 4.79 Å². The van der Waals surface area contributed by atoms with Crippen LogP contribution >= 0.6 is 11.6 Å². The Morgan fingerprint density at radius 2 is 1.48 bits per heavy atom. The third-order valence-corrected chi connectivity index (χ3v) is 3.78. The molecule has 27 heavy (non-hydrogen) atoms. The summed E-state index contributed by atoms with van der Waals surface area (Å²) < 4.78 is 82.4. The number of hydrogen-bond acceptors (Lipinski definition) is 2. The van der Waals surface area contributed by atoms with Crippen molar-refractivity contribution in [2.24, 2.45) is 0 Å². The van der Waals surface area contributed by atoms with Gasteiger partial charge in [0.15, 0.2) is 5.76 Å². The van der Waals surface area contributed by atoms with Gasteiger partial charge in [-0.1, -0.05) is 11.6 Å². The highest BCUT2D eigenvalue weighted by Gasteiger charge is 2.37. The van der Waals surface area contributed by atoms with Crippen molar-refractivity contribution in [3.63, 3.8) is 0 Å². The molecule has 1 amide bonds. The van der Waals surface area contributed by atoms with E-state index in [0.717, 1.165) is 0 Å². The Labute approximate surface area is 152 Å². The van der Waals surface area contributed by atoms with Crippen LogP contribution in [0.1, 0.15) is 21.7 Å². The number of halogens is 7. The number of amides is 1. The zero-order valence-corrected chi connectivity index (χ0v) is 13.8. The molecule has 3 rings (SSSR count). The minimum atomic E-state index is -5.02. The molecule has 0 aliphatic rings. The maximum Gasteiger partial charge on any atom is 0.416 e. The molecule has 0 atom stereocenters. The number of carbonyl (C=O) groups is 1. The monoisotopic (exact) mass is 407 g/mol. The fourth-order valence-corrected chi connectivity index (χ4v) is 2.53. The first-order valence-electron chi connectivity index (χ1n) is 7.23. The van der Waals surface area contributed by atoms with E-state index in [0.29, 0.717) is 22.5 Å². The number of benzene rings is 2. The molecule has 2 aromatic carbocycles. The molecule has 1 N–H and O–H groups in total. The van der Waals surface area contributed by atoms with E-state index in [1.54, 1.807) is 0 Å². The highest BCUT2D eigenvalue weighted by atomic mass is 35.5. The number of hydrogen-bond donors (Lipinski definition) is 1. The van der Waals surface area contributed by atoms with Crippen LogP contribution in [-0.4, -0.2) is 5.91 Å². The summed E-state index contributed by atoms with van der Waals surface area (Å²) >= 11 is 5.80. The number of fused-ring (bicyclic) bond motifs is 1. The van der Waals surface area contributed by atoms with Gasteiger partial charge in [-0.2, -0.15) is 26.3 Å². The molecule has 1 aromatic heterocycles. The van der Waals surface area contributed by atoms with Crippen molar-refractivity contribution in [3.8, 4) is 0 Å². The van der Waals surface area contributed by atoms with E-state index in [9.17, 15) is 31.1 Å². The van der Waals surface area contributed by atoms with E-state index in [1.807, 2.05) is 5.32 Å². The summed E-state index contributed by atoms with van der Waals surface area (Å²) in [6.45, 7) is 0. The summed E-state index contributed by atoms with van der Waals surface area (Å²) in [5, 5.41) is 2.81. The Morgan fingerprint density at radius 1 is 0.889 bits per heavy atom. The zero-order valence-electron chi connectivity index (χ0n) is 13.0. The van der Waals surface area contributed by atoms with E-state index in [-0.39, 0.29) is 17.4 Å². The van der Waals surface area contributed by atoms with Gasteiger partial charge in [0.2, 0.25) is 0 Å². The van der Waals surface area contributed by atoms with Crippen molar-refractivity contribution < 1.29 is 35.6 Å². The van der Waals surface area contributed by atoms with Crippen LogP contribution < -0.4 is 5.32 Å². The van der Waals surface area contributed by atoms with Crippen LogP contribution in [0.5, 0.6) is 0 Å². The van der Waals surface area contributed by atoms with Crippen LogP contribution in [0.2, 0.25) is 5.02 Å². The fourth-order valence-electron chi connectivity index (χ4n) is 2.35. The number of furan rings is 1. The molecule has 0 bridgehead atoms. The van der Waals surface area contributed by atoms with Crippen molar-refractivity contribution >= 4 is 34.2 Å². The maximum atomic E-state index is 12.9. The van der Waals surface area contributed by atoms with E-state index in [1.165, 1.54) is 24.3 Å². The molecule has 3 aromatic rings. The normalized spacial score (nSPS) is 12.4. The lowest BCUT2D eigenvalue weighted by Gasteiger charge is -2.14. The van der Waals surface area contributed by atoms with Gasteiger partial charge in [0.25, 0.3) is 5.91 Å². The van der Waals surface area contributed by atoms with Gasteiger partial charge in [-0.15, -0.1) is 0 Å². The lowest BCUT2D eigenvalue weighted by molar-refractivity contribution is -0.143. The molecule has 0 aliphatic heterocycles. The topological polar surface area (TPSA) is 42.2 Å². The largest absolute Gasteiger partial charge is 0.451 e. The van der Waals surface area contributed by atoms with Gasteiger partial charge in [0.05, 0.1) is 11.1 Å². The number of anilines is 1. The predicted molar refractivity (Wildman–Crippen MR) is 85.6 cm³/mol. The van der Waals surface area contributed by atoms with Gasteiger partial charge < -0.3 is 9.73 Å². The second-order valence-corrected chi connectivity index (χ2v) is 5.98. The molecule has 0 saturated carbocycles. The highest BCUT2D eigenvalue weighted by Crippen LogP contribution is 2.37. The average molecular weight is 408 g/mol. The molecule has 0 aliphatic carbocycles. The Morgan fingerprint density at radius 3 is 2.04 bits per heavy atom. The SMILES string of the molecule is O=C(Nc1cc(C(F)(F)F)cc(C(F)(F)F)c1)c1cc2cc(Cl)ccc2o1. The van der Waals surface area contributed by atoms with Crippen LogP contribution in [0.4, 0.5) is 32.0 Å². The van der Waals surface area contributed by atoms with Gasteiger partial charge in [-0.05, 0) is 42.5 Å². The summed E-state index contributed by atoms with van der Waals surface area (Å²) in [5.41, 5.74) is -3.46. The molecule has 0 saturated heterocycles. The first-order chi connectivity index (χ1) is 12.4. The average Bonchev–Trinajstić information content (AvgIpc) is 2.96. The molecule has 3 nitrogen and oxygen atoms in total. The summed E-state index contributed by atoms with van der Waals surface area (Å²) in [6.07, 6.45) is -10.0. The predicted octanol–water partition coefficient (Wildman–Crippen LogP) is 6.38. The third kappa shape index (κ3) is 4.19. The Kier molecular flexibility index (Phi) is 4.59. The molecule has 1 heterocycles. The quantitative estimate of drug-likeness (QED) is 0.501. The van der Waals surface area contributed by atoms with Crippen molar-refractivity contribution in [2.45, 2.75) is 12.4 Å². The van der Waals surface area contributed by atoms with E-state index < -0.39 is 35.1 Å². The van der Waals surface area contributed by atoms with Gasteiger partial charge in [0, 0.05) is 16.1 Å². The van der Waals surface area contributed by atoms with Crippen LogP contribution in [0, 0.1) is 0 Å². The van der Waals surface area contributed by atoms with Crippen LogP contribution in [0.15, 0.2) is 46.9 Å². The smallest absolute Gasteiger partial charge is 0.416 e. The van der Waals surface area contributed by atoms with Gasteiger partial charge >= 0.3 is 12.4 Å². The molecule has 10 heteroatoms. The number of rotatable bonds is 2. The van der Waals surface area contributed by atoms with Crippen molar-refractivity contribution in [1.29, 1.82) is 0 Å². The fraction of sp³-hybridized carbons (Fsp3) is 0.118. The van der Waals surface area contributed by atoms with Crippen LogP contribution in [0.3, 0.4) is 0 Å². The minimum absolute atomic E-state index is 0.0289. The first-order valence-corrected chi connectivity index (χ1v) is 7.61. The number of nitrogens with one attached hydrogen (secondary N) is 1. The van der Waals surface area contributed by atoms with Crippen molar-refractivity contribution in [3.05, 3.63) is 64.4 Å². The summed E-state index contributed by atoms with van der Waals surface area (Å²) in [4.78, 5) is 12.2. The Hall–Kier alpha value is -2.68. The second kappa shape index (κ2) is 6.49. The van der Waals surface area contributed by atoms with Gasteiger partial charge in [0.1, 0.15) is 5.58 Å². The number of carbonyl (C=O) groups excluding carboxylic acids is 1. The first kappa shape index (κ1) is 19.1. The van der Waals surface area contributed by atoms with Gasteiger partial charge in [-0.25, -0.2) is 0 Å². The summed E-state index contributed by atoms with van der Waals surface area (Å²) in [6, 6.07) is 6.52. The third-order valence-electron chi connectivity index (χ3n) is 3.55. The van der Waals surface area contributed by atoms with E-state index in [4.69, 9.17) is 16.0 Å². The number of alkyl halides is 6. The minimum Gasteiger partial charge on any atom is -0.451 e. The Balaban J connectivity index is 1.96. The van der Waals surface area contributed by atoms with Crippen molar-refractivity contribution in [2.75, 3.05) is 5.32 Å². The maximum absolute atomic E-state index is 12.9. The molecular formula is C17H8ClF6NO2.